The van der Waals surface area contributed by atoms with Crippen LogP contribution in [-0.2, 0) is 9.84 Å². The Morgan fingerprint density at radius 2 is 1.64 bits per heavy atom. The van der Waals surface area contributed by atoms with Gasteiger partial charge in [-0.05, 0) is 49.2 Å². The van der Waals surface area contributed by atoms with Crippen molar-refractivity contribution in [2.45, 2.75) is 23.0 Å². The zero-order valence-electron chi connectivity index (χ0n) is 12.2. The molecule has 2 N–H and O–H groups in total. The Bertz CT molecular complexity index is 769. The highest BCUT2D eigenvalue weighted by Gasteiger charge is 2.57. The van der Waals surface area contributed by atoms with Gasteiger partial charge in [0, 0.05) is 5.92 Å². The first-order valence-electron chi connectivity index (χ1n) is 7.21. The Morgan fingerprint density at radius 3 is 2.18 bits per heavy atom. The Hall–Kier alpha value is -1.72. The topological polar surface area (TPSA) is 60.2 Å². The van der Waals surface area contributed by atoms with E-state index in [0.717, 1.165) is 11.1 Å². The molecule has 3 nitrogen and oxygen atoms in total. The first kappa shape index (κ1) is 15.2. The van der Waals surface area contributed by atoms with E-state index in [1.54, 1.807) is 36.4 Å². The zero-order valence-corrected chi connectivity index (χ0v) is 13.1. The number of benzene rings is 2. The largest absolute Gasteiger partial charge is 0.330 e. The van der Waals surface area contributed by atoms with Crippen molar-refractivity contribution < 1.29 is 12.8 Å². The van der Waals surface area contributed by atoms with Gasteiger partial charge in [-0.15, -0.1) is 0 Å². The molecular formula is C17H18FNO2S. The van der Waals surface area contributed by atoms with Crippen molar-refractivity contribution in [3.05, 3.63) is 65.5 Å². The minimum atomic E-state index is -3.43. The molecule has 0 aromatic heterocycles. The molecular weight excluding hydrogens is 301 g/mol. The van der Waals surface area contributed by atoms with E-state index in [2.05, 4.69) is 0 Å². The van der Waals surface area contributed by atoms with Gasteiger partial charge in [-0.1, -0.05) is 29.8 Å². The SMILES string of the molecule is Cc1ccc(S(=O)(=O)[C@H]2[C@H](CN)[C@@H]2c2ccc(F)cc2)cc1. The molecule has 1 aliphatic carbocycles. The maximum absolute atomic E-state index is 13.0. The highest BCUT2D eigenvalue weighted by atomic mass is 32.2. The Labute approximate surface area is 129 Å². The van der Waals surface area contributed by atoms with Gasteiger partial charge in [-0.25, -0.2) is 12.8 Å². The maximum Gasteiger partial charge on any atom is 0.182 e. The second-order valence-corrected chi connectivity index (χ2v) is 7.91. The summed E-state index contributed by atoms with van der Waals surface area (Å²) in [4.78, 5) is 0.325. The van der Waals surface area contributed by atoms with Crippen LogP contribution in [0.5, 0.6) is 0 Å². The molecule has 0 amide bonds. The van der Waals surface area contributed by atoms with Crippen LogP contribution in [0.4, 0.5) is 4.39 Å². The molecule has 2 aromatic carbocycles. The maximum atomic E-state index is 13.0. The van der Waals surface area contributed by atoms with Crippen molar-refractivity contribution >= 4 is 9.84 Å². The molecule has 3 rings (SSSR count). The molecule has 1 aliphatic rings. The molecule has 3 atom stereocenters. The van der Waals surface area contributed by atoms with E-state index >= 15 is 0 Å². The fourth-order valence-electron chi connectivity index (χ4n) is 3.05. The van der Waals surface area contributed by atoms with Crippen molar-refractivity contribution in [1.82, 2.24) is 0 Å². The lowest BCUT2D eigenvalue weighted by Crippen LogP contribution is -2.13. The molecule has 22 heavy (non-hydrogen) atoms. The van der Waals surface area contributed by atoms with E-state index in [4.69, 9.17) is 5.73 Å². The molecule has 0 aliphatic heterocycles. The quantitative estimate of drug-likeness (QED) is 0.942. The van der Waals surface area contributed by atoms with E-state index in [0.29, 0.717) is 11.4 Å². The van der Waals surface area contributed by atoms with Crippen LogP contribution in [0.3, 0.4) is 0 Å². The summed E-state index contributed by atoms with van der Waals surface area (Å²) in [7, 11) is -3.43. The third-order valence-electron chi connectivity index (χ3n) is 4.33. The minimum absolute atomic E-state index is 0.114. The van der Waals surface area contributed by atoms with Gasteiger partial charge in [0.05, 0.1) is 10.1 Å². The molecule has 1 fully saturated rings. The van der Waals surface area contributed by atoms with Crippen LogP contribution < -0.4 is 5.73 Å². The van der Waals surface area contributed by atoms with Gasteiger partial charge in [0.15, 0.2) is 9.84 Å². The van der Waals surface area contributed by atoms with Crippen LogP contribution in [0.1, 0.15) is 17.0 Å². The molecule has 1 saturated carbocycles. The van der Waals surface area contributed by atoms with Crippen LogP contribution in [0.2, 0.25) is 0 Å². The van der Waals surface area contributed by atoms with Gasteiger partial charge in [0.2, 0.25) is 0 Å². The van der Waals surface area contributed by atoms with E-state index in [-0.39, 0.29) is 17.7 Å². The van der Waals surface area contributed by atoms with E-state index in [1.807, 2.05) is 6.92 Å². The van der Waals surface area contributed by atoms with Gasteiger partial charge >= 0.3 is 0 Å². The fourth-order valence-corrected chi connectivity index (χ4v) is 5.28. The molecule has 2 aromatic rings. The molecule has 116 valence electrons. The molecule has 0 bridgehead atoms. The van der Waals surface area contributed by atoms with E-state index in [1.165, 1.54) is 12.1 Å². The van der Waals surface area contributed by atoms with Crippen LogP contribution in [0, 0.1) is 18.7 Å². The lowest BCUT2D eigenvalue weighted by molar-refractivity contribution is 0.591. The number of hydrogen-bond donors (Lipinski definition) is 1. The van der Waals surface area contributed by atoms with Crippen molar-refractivity contribution in [1.29, 1.82) is 0 Å². The van der Waals surface area contributed by atoms with Crippen LogP contribution >= 0.6 is 0 Å². The molecule has 0 saturated heterocycles. The average Bonchev–Trinajstić information content (AvgIpc) is 3.24. The highest BCUT2D eigenvalue weighted by Crippen LogP contribution is 2.53. The number of halogens is 1. The van der Waals surface area contributed by atoms with Crippen molar-refractivity contribution in [2.24, 2.45) is 11.7 Å². The normalized spacial score (nSPS) is 24.2. The number of sulfone groups is 1. The minimum Gasteiger partial charge on any atom is -0.330 e. The van der Waals surface area contributed by atoms with Crippen molar-refractivity contribution in [2.75, 3.05) is 6.54 Å². The number of hydrogen-bond acceptors (Lipinski definition) is 3. The van der Waals surface area contributed by atoms with Crippen molar-refractivity contribution in [3.63, 3.8) is 0 Å². The Balaban J connectivity index is 1.93. The van der Waals surface area contributed by atoms with E-state index < -0.39 is 15.1 Å². The van der Waals surface area contributed by atoms with Gasteiger partial charge in [-0.3, -0.25) is 0 Å². The second-order valence-electron chi connectivity index (χ2n) is 5.80. The van der Waals surface area contributed by atoms with Gasteiger partial charge in [0.25, 0.3) is 0 Å². The predicted octanol–water partition coefficient (Wildman–Crippen LogP) is 2.65. The number of aryl methyl sites for hydroxylation is 1. The Kier molecular flexibility index (Phi) is 3.78. The smallest absolute Gasteiger partial charge is 0.182 e. The zero-order chi connectivity index (χ0) is 15.9. The molecule has 0 spiro atoms. The lowest BCUT2D eigenvalue weighted by Gasteiger charge is -2.05. The monoisotopic (exact) mass is 319 g/mol. The summed E-state index contributed by atoms with van der Waals surface area (Å²) < 4.78 is 38.6. The Morgan fingerprint density at radius 1 is 1.05 bits per heavy atom. The summed E-state index contributed by atoms with van der Waals surface area (Å²) in [5.41, 5.74) is 7.59. The third kappa shape index (κ3) is 2.55. The average molecular weight is 319 g/mol. The van der Waals surface area contributed by atoms with Crippen LogP contribution in [0.15, 0.2) is 53.4 Å². The first-order valence-corrected chi connectivity index (χ1v) is 8.76. The third-order valence-corrected chi connectivity index (χ3v) is 6.62. The molecule has 5 heteroatoms. The highest BCUT2D eigenvalue weighted by molar-refractivity contribution is 7.92. The molecule has 0 unspecified atom stereocenters. The summed E-state index contributed by atoms with van der Waals surface area (Å²) in [6, 6.07) is 12.9. The summed E-state index contributed by atoms with van der Waals surface area (Å²) in [6.45, 7) is 2.22. The van der Waals surface area contributed by atoms with E-state index in [9.17, 15) is 12.8 Å². The summed E-state index contributed by atoms with van der Waals surface area (Å²) in [5, 5.41) is -0.523. The lowest BCUT2D eigenvalue weighted by atomic mass is 10.1. The van der Waals surface area contributed by atoms with Crippen LogP contribution in [0.25, 0.3) is 0 Å². The molecule has 0 radical (unpaired) electrons. The summed E-state index contributed by atoms with van der Waals surface area (Å²) in [6.07, 6.45) is 0. The number of rotatable bonds is 4. The first-order chi connectivity index (χ1) is 10.4. The van der Waals surface area contributed by atoms with Gasteiger partial charge in [-0.2, -0.15) is 0 Å². The standard InChI is InChI=1S/C17H18FNO2S/c1-11-2-8-14(9-3-11)22(20,21)17-15(10-19)16(17)12-4-6-13(18)7-5-12/h2-9,15-17H,10,19H2,1H3/t15-,16+,17+/m1/s1. The van der Waals surface area contributed by atoms with Crippen molar-refractivity contribution in [3.8, 4) is 0 Å². The summed E-state index contributed by atoms with van der Waals surface area (Å²) >= 11 is 0. The predicted molar refractivity (Wildman–Crippen MR) is 83.8 cm³/mol. The summed E-state index contributed by atoms with van der Waals surface area (Å²) in [5.74, 6) is -0.597. The van der Waals surface area contributed by atoms with Gasteiger partial charge in [0.1, 0.15) is 5.82 Å². The number of nitrogens with two attached hydrogens (primary N) is 1. The fraction of sp³-hybridized carbons (Fsp3) is 0.294. The van der Waals surface area contributed by atoms with Gasteiger partial charge < -0.3 is 5.73 Å². The van der Waals surface area contributed by atoms with Crippen LogP contribution in [-0.4, -0.2) is 20.2 Å². The molecule has 0 heterocycles. The second kappa shape index (κ2) is 5.48.